The van der Waals surface area contributed by atoms with E-state index in [9.17, 15) is 9.59 Å². The molecule has 1 fully saturated rings. The molecule has 3 heterocycles. The molecule has 0 radical (unpaired) electrons. The zero-order valence-electron chi connectivity index (χ0n) is 16.5. The van der Waals surface area contributed by atoms with Gasteiger partial charge in [0.15, 0.2) is 5.65 Å². The second kappa shape index (κ2) is 7.55. The number of nitrogens with zero attached hydrogens (tertiary/aromatic N) is 4. The number of carbonyl (C=O) groups is 1. The zero-order chi connectivity index (χ0) is 20.5. The Kier molecular flexibility index (Phi) is 4.93. The van der Waals surface area contributed by atoms with E-state index in [-0.39, 0.29) is 23.6 Å². The highest BCUT2D eigenvalue weighted by atomic mass is 16.5. The van der Waals surface area contributed by atoms with Crippen molar-refractivity contribution in [1.82, 2.24) is 24.5 Å². The van der Waals surface area contributed by atoms with Crippen LogP contribution in [0, 0.1) is 0 Å². The van der Waals surface area contributed by atoms with Crippen LogP contribution in [0.3, 0.4) is 0 Å². The first kappa shape index (κ1) is 18.9. The Balaban J connectivity index is 1.68. The van der Waals surface area contributed by atoms with Gasteiger partial charge < -0.3 is 25.3 Å². The molecule has 152 valence electrons. The van der Waals surface area contributed by atoms with Crippen molar-refractivity contribution in [3.05, 3.63) is 46.5 Å². The fourth-order valence-corrected chi connectivity index (χ4v) is 3.36. The number of pyridine rings is 1. The number of methoxy groups -OCH3 is 1. The largest absolute Gasteiger partial charge is 0.379 e. The number of nitrogens with one attached hydrogen (secondary N) is 3. The number of fused-ring (bicyclic) bond motifs is 1. The van der Waals surface area contributed by atoms with E-state index in [4.69, 9.17) is 4.74 Å². The maximum absolute atomic E-state index is 12.8. The van der Waals surface area contributed by atoms with Gasteiger partial charge in [-0.25, -0.2) is 4.98 Å². The summed E-state index contributed by atoms with van der Waals surface area (Å²) in [6, 6.07) is 5.16. The van der Waals surface area contributed by atoms with Gasteiger partial charge in [-0.3, -0.25) is 9.59 Å². The number of hydrogen-bond acceptors (Lipinski definition) is 7. The van der Waals surface area contributed by atoms with Gasteiger partial charge in [-0.15, -0.1) is 0 Å². The summed E-state index contributed by atoms with van der Waals surface area (Å²) in [4.78, 5) is 29.6. The molecule has 3 N–H and O–H groups in total. The molecule has 10 heteroatoms. The van der Waals surface area contributed by atoms with E-state index in [1.165, 1.54) is 10.8 Å². The number of amides is 1. The minimum Gasteiger partial charge on any atom is -0.379 e. The molecule has 1 amide bonds. The first-order valence-corrected chi connectivity index (χ1v) is 9.34. The van der Waals surface area contributed by atoms with Crippen molar-refractivity contribution >= 4 is 28.9 Å². The molecule has 2 atom stereocenters. The van der Waals surface area contributed by atoms with Crippen LogP contribution in [0.4, 0.5) is 17.3 Å². The van der Waals surface area contributed by atoms with Crippen LogP contribution in [0.5, 0.6) is 0 Å². The predicted molar refractivity (Wildman–Crippen MR) is 109 cm³/mol. The number of aromatic nitrogens is 4. The lowest BCUT2D eigenvalue weighted by Gasteiger charge is -2.35. The number of hydrogen-bond donors (Lipinski definition) is 3. The van der Waals surface area contributed by atoms with Crippen LogP contribution in [0.25, 0.3) is 5.65 Å². The van der Waals surface area contributed by atoms with Gasteiger partial charge in [0.2, 0.25) is 0 Å². The molecule has 3 aromatic rings. The van der Waals surface area contributed by atoms with Crippen LogP contribution in [-0.2, 0) is 11.8 Å². The normalized spacial score (nSPS) is 18.3. The molecule has 29 heavy (non-hydrogen) atoms. The molecule has 0 spiro atoms. The van der Waals surface area contributed by atoms with E-state index >= 15 is 0 Å². The summed E-state index contributed by atoms with van der Waals surface area (Å²) in [6.07, 6.45) is 5.01. The van der Waals surface area contributed by atoms with Crippen LogP contribution >= 0.6 is 0 Å². The molecule has 1 saturated carbocycles. The van der Waals surface area contributed by atoms with Gasteiger partial charge in [-0.05, 0) is 25.0 Å². The topological polar surface area (TPSA) is 115 Å². The van der Waals surface area contributed by atoms with Gasteiger partial charge in [-0.1, -0.05) is 0 Å². The molecule has 0 bridgehead atoms. The Labute approximate surface area is 166 Å². The summed E-state index contributed by atoms with van der Waals surface area (Å²) in [6.45, 7) is 0. The summed E-state index contributed by atoms with van der Waals surface area (Å²) in [7, 11) is 5.07. The smallest absolute Gasteiger partial charge is 0.274 e. The average molecular weight is 397 g/mol. The third kappa shape index (κ3) is 3.42. The van der Waals surface area contributed by atoms with Crippen molar-refractivity contribution in [1.29, 1.82) is 0 Å². The molecule has 1 aliphatic carbocycles. The van der Waals surface area contributed by atoms with E-state index in [0.717, 1.165) is 12.8 Å². The lowest BCUT2D eigenvalue weighted by Crippen LogP contribution is -2.51. The second-order valence-electron chi connectivity index (χ2n) is 6.96. The van der Waals surface area contributed by atoms with Gasteiger partial charge in [0.25, 0.3) is 11.5 Å². The van der Waals surface area contributed by atoms with E-state index < -0.39 is 0 Å². The Morgan fingerprint density at radius 1 is 1.34 bits per heavy atom. The predicted octanol–water partition coefficient (Wildman–Crippen LogP) is 1.12. The van der Waals surface area contributed by atoms with Crippen molar-refractivity contribution in [3.63, 3.8) is 0 Å². The van der Waals surface area contributed by atoms with E-state index in [0.29, 0.717) is 28.5 Å². The van der Waals surface area contributed by atoms with Crippen LogP contribution < -0.4 is 21.5 Å². The highest BCUT2D eigenvalue weighted by molar-refractivity contribution is 6.00. The Hall–Kier alpha value is -3.40. The molecule has 0 saturated heterocycles. The highest BCUT2D eigenvalue weighted by Crippen LogP contribution is 2.24. The van der Waals surface area contributed by atoms with E-state index in [2.05, 4.69) is 26.0 Å². The lowest BCUT2D eigenvalue weighted by atomic mass is 9.89. The van der Waals surface area contributed by atoms with Crippen LogP contribution in [0.2, 0.25) is 0 Å². The minimum absolute atomic E-state index is 0.0140. The number of anilines is 3. The zero-order valence-corrected chi connectivity index (χ0v) is 16.5. The Bertz CT molecular complexity index is 1120. The molecule has 3 aromatic heterocycles. The van der Waals surface area contributed by atoms with Gasteiger partial charge in [0, 0.05) is 33.5 Å². The molecule has 0 aliphatic heterocycles. The van der Waals surface area contributed by atoms with Gasteiger partial charge in [0.05, 0.1) is 18.3 Å². The molecule has 10 nitrogen and oxygen atoms in total. The van der Waals surface area contributed by atoms with Gasteiger partial charge in [0.1, 0.15) is 22.9 Å². The summed E-state index contributed by atoms with van der Waals surface area (Å²) in [5.41, 5.74) is 0.949. The Morgan fingerprint density at radius 2 is 2.17 bits per heavy atom. The van der Waals surface area contributed by atoms with E-state index in [1.54, 1.807) is 50.1 Å². The number of ether oxygens (including phenoxy) is 1. The summed E-state index contributed by atoms with van der Waals surface area (Å²) >= 11 is 0. The molecule has 1 aliphatic rings. The van der Waals surface area contributed by atoms with Crippen molar-refractivity contribution in [2.75, 3.05) is 24.8 Å². The third-order valence-electron chi connectivity index (χ3n) is 5.19. The second-order valence-corrected chi connectivity index (χ2v) is 6.96. The molecule has 4 rings (SSSR count). The standard InChI is InChI=1S/C19H23N7O3/c1-20-16-9-15(22-13-5-4-8-25(2)19(13)28)24-17-11(10-21-26(16)17)18(27)23-12-6-7-14(12)29-3/h4-5,8-10,12,14,20H,6-7H2,1-3H3,(H,22,24)(H,23,27)/t12-,14-/m0/s1. The number of rotatable bonds is 6. The highest BCUT2D eigenvalue weighted by Gasteiger charge is 2.33. The van der Waals surface area contributed by atoms with Gasteiger partial charge >= 0.3 is 0 Å². The maximum atomic E-state index is 12.8. The number of aryl methyl sites for hydroxylation is 1. The van der Waals surface area contributed by atoms with Crippen molar-refractivity contribution in [2.45, 2.75) is 25.0 Å². The summed E-state index contributed by atoms with van der Waals surface area (Å²) in [5, 5.41) is 13.3. The molecule has 0 unspecified atom stereocenters. The fourth-order valence-electron chi connectivity index (χ4n) is 3.36. The van der Waals surface area contributed by atoms with Crippen molar-refractivity contribution in [2.24, 2.45) is 7.05 Å². The number of carbonyl (C=O) groups excluding carboxylic acids is 1. The summed E-state index contributed by atoms with van der Waals surface area (Å²) in [5.74, 6) is 0.801. The van der Waals surface area contributed by atoms with E-state index in [1.807, 2.05) is 0 Å². The monoisotopic (exact) mass is 397 g/mol. The Morgan fingerprint density at radius 3 is 2.86 bits per heavy atom. The van der Waals surface area contributed by atoms with Crippen LogP contribution in [-0.4, -0.2) is 51.4 Å². The SMILES string of the molecule is CNc1cc(Nc2cccn(C)c2=O)nc2c(C(=O)N[C@H]3CC[C@@H]3OC)cnn12. The average Bonchev–Trinajstić information content (AvgIpc) is 3.12. The molecular weight excluding hydrogens is 374 g/mol. The summed E-state index contributed by atoms with van der Waals surface area (Å²) < 4.78 is 8.37. The first-order chi connectivity index (χ1) is 14.0. The first-order valence-electron chi connectivity index (χ1n) is 9.34. The lowest BCUT2D eigenvalue weighted by molar-refractivity contribution is 0.00732. The quantitative estimate of drug-likeness (QED) is 0.571. The van der Waals surface area contributed by atoms with Crippen LogP contribution in [0.15, 0.2) is 35.4 Å². The minimum atomic E-state index is -0.255. The fraction of sp³-hybridized carbons (Fsp3) is 0.368. The van der Waals surface area contributed by atoms with Crippen LogP contribution in [0.1, 0.15) is 23.2 Å². The van der Waals surface area contributed by atoms with Crippen molar-refractivity contribution < 1.29 is 9.53 Å². The van der Waals surface area contributed by atoms with Crippen molar-refractivity contribution in [3.8, 4) is 0 Å². The molecular formula is C19H23N7O3. The molecule has 0 aromatic carbocycles. The third-order valence-corrected chi connectivity index (χ3v) is 5.19. The maximum Gasteiger partial charge on any atom is 0.274 e. The van der Waals surface area contributed by atoms with Gasteiger partial charge in [-0.2, -0.15) is 9.61 Å².